The zero-order valence-electron chi connectivity index (χ0n) is 15.0. The van der Waals surface area contributed by atoms with Crippen molar-refractivity contribution in [2.45, 2.75) is 13.5 Å². The van der Waals surface area contributed by atoms with Gasteiger partial charge < -0.3 is 19.2 Å². The third kappa shape index (κ3) is 4.18. The molecule has 2 heterocycles. The second kappa shape index (κ2) is 8.45. The molecule has 1 N–H and O–H groups in total. The maximum Gasteiger partial charge on any atom is 0.341 e. The Morgan fingerprint density at radius 3 is 2.71 bits per heavy atom. The average Bonchev–Trinajstić information content (AvgIpc) is 3.24. The minimum atomic E-state index is -0.653. The number of amides is 1. The summed E-state index contributed by atoms with van der Waals surface area (Å²) >= 11 is 7.49. The fourth-order valence-corrected chi connectivity index (χ4v) is 3.96. The minimum Gasteiger partial charge on any atom is -0.465 e. The van der Waals surface area contributed by atoms with E-state index in [1.165, 1.54) is 24.5 Å². The van der Waals surface area contributed by atoms with Crippen molar-refractivity contribution in [3.05, 3.63) is 57.3 Å². The lowest BCUT2D eigenvalue weighted by Gasteiger charge is -2.04. The summed E-state index contributed by atoms with van der Waals surface area (Å²) < 4.78 is 15.9. The van der Waals surface area contributed by atoms with Crippen LogP contribution < -0.4 is 5.32 Å². The molecule has 0 saturated carbocycles. The van der Waals surface area contributed by atoms with E-state index in [0.717, 1.165) is 10.1 Å². The molecule has 0 radical (unpaired) electrons. The van der Waals surface area contributed by atoms with Crippen LogP contribution in [0.2, 0.25) is 5.02 Å². The van der Waals surface area contributed by atoms with E-state index in [0.29, 0.717) is 21.4 Å². The molecule has 0 fully saturated rings. The van der Waals surface area contributed by atoms with Crippen molar-refractivity contribution in [3.63, 3.8) is 0 Å². The Kier molecular flexibility index (Phi) is 6.01. The first-order valence-corrected chi connectivity index (χ1v) is 9.38. The Bertz CT molecular complexity index is 1050. The number of carbonyl (C=O) groups is 3. The van der Waals surface area contributed by atoms with E-state index in [1.54, 1.807) is 6.92 Å². The Balaban J connectivity index is 1.55. The first-order chi connectivity index (χ1) is 13.4. The molecule has 1 aromatic carbocycles. The molecule has 7 nitrogen and oxygen atoms in total. The standard InChI is InChI=1S/C19H16ClNO6S/c1-10-13(19(24)25-2)7-11(27-10)9-26-15(22)8-21-18(23)17-16(20)12-5-3-4-6-14(12)28-17/h3-7H,8-9H2,1-2H3,(H,21,23). The van der Waals surface area contributed by atoms with E-state index in [1.807, 2.05) is 24.3 Å². The molecule has 3 rings (SSSR count). The highest BCUT2D eigenvalue weighted by Crippen LogP contribution is 2.34. The highest BCUT2D eigenvalue weighted by atomic mass is 35.5. The zero-order chi connectivity index (χ0) is 20.3. The number of esters is 2. The lowest BCUT2D eigenvalue weighted by Crippen LogP contribution is -2.30. The van der Waals surface area contributed by atoms with Gasteiger partial charge in [-0.3, -0.25) is 9.59 Å². The van der Waals surface area contributed by atoms with Crippen LogP contribution in [-0.2, 0) is 20.9 Å². The summed E-state index contributed by atoms with van der Waals surface area (Å²) in [4.78, 5) is 36.1. The number of carbonyl (C=O) groups excluding carboxylic acids is 3. The third-order valence-electron chi connectivity index (χ3n) is 3.88. The summed E-state index contributed by atoms with van der Waals surface area (Å²) in [5, 5.41) is 3.63. The first kappa shape index (κ1) is 19.9. The smallest absolute Gasteiger partial charge is 0.341 e. The van der Waals surface area contributed by atoms with Gasteiger partial charge in [-0.1, -0.05) is 29.8 Å². The number of halogens is 1. The summed E-state index contributed by atoms with van der Waals surface area (Å²) in [5.74, 6) is -0.980. The Labute approximate surface area is 169 Å². The summed E-state index contributed by atoms with van der Waals surface area (Å²) in [5.41, 5.74) is 0.265. The SMILES string of the molecule is COC(=O)c1cc(COC(=O)CNC(=O)c2sc3ccccc3c2Cl)oc1C. The molecule has 0 aliphatic heterocycles. The van der Waals surface area contributed by atoms with Crippen LogP contribution >= 0.6 is 22.9 Å². The van der Waals surface area contributed by atoms with Crippen molar-refractivity contribution in [2.75, 3.05) is 13.7 Å². The van der Waals surface area contributed by atoms with Gasteiger partial charge in [-0.05, 0) is 19.1 Å². The monoisotopic (exact) mass is 421 g/mol. The van der Waals surface area contributed by atoms with Gasteiger partial charge in [-0.15, -0.1) is 11.3 Å². The number of aryl methyl sites for hydroxylation is 1. The normalized spacial score (nSPS) is 10.7. The molecule has 2 aromatic heterocycles. The second-order valence-corrected chi connectivity index (χ2v) is 7.19. The van der Waals surface area contributed by atoms with Crippen LogP contribution in [0.15, 0.2) is 34.7 Å². The first-order valence-electron chi connectivity index (χ1n) is 8.19. The number of rotatable bonds is 6. The Hall–Kier alpha value is -2.84. The molecule has 28 heavy (non-hydrogen) atoms. The van der Waals surface area contributed by atoms with E-state index >= 15 is 0 Å². The summed E-state index contributed by atoms with van der Waals surface area (Å²) in [7, 11) is 1.26. The highest BCUT2D eigenvalue weighted by molar-refractivity contribution is 7.21. The summed E-state index contributed by atoms with van der Waals surface area (Å²) in [6, 6.07) is 8.83. The van der Waals surface area contributed by atoms with Crippen LogP contribution in [0.1, 0.15) is 31.6 Å². The largest absolute Gasteiger partial charge is 0.465 e. The predicted molar refractivity (Wildman–Crippen MR) is 104 cm³/mol. The average molecular weight is 422 g/mol. The second-order valence-electron chi connectivity index (χ2n) is 5.76. The van der Waals surface area contributed by atoms with Crippen LogP contribution in [0.4, 0.5) is 0 Å². The molecule has 0 saturated heterocycles. The quantitative estimate of drug-likeness (QED) is 0.609. The molecule has 0 aliphatic carbocycles. The predicted octanol–water partition coefficient (Wildman–Crippen LogP) is 3.72. The van der Waals surface area contributed by atoms with E-state index in [4.69, 9.17) is 20.8 Å². The zero-order valence-corrected chi connectivity index (χ0v) is 16.6. The van der Waals surface area contributed by atoms with Gasteiger partial charge in [0.2, 0.25) is 0 Å². The van der Waals surface area contributed by atoms with Gasteiger partial charge in [-0.2, -0.15) is 0 Å². The minimum absolute atomic E-state index is 0.170. The number of methoxy groups -OCH3 is 1. The number of nitrogens with one attached hydrogen (secondary N) is 1. The van der Waals surface area contributed by atoms with Crippen molar-refractivity contribution in [1.82, 2.24) is 5.32 Å². The molecule has 1 amide bonds. The van der Waals surface area contributed by atoms with Crippen molar-refractivity contribution in [1.29, 1.82) is 0 Å². The number of hydrogen-bond acceptors (Lipinski definition) is 7. The van der Waals surface area contributed by atoms with Crippen molar-refractivity contribution in [3.8, 4) is 0 Å². The number of thiophene rings is 1. The number of furan rings is 1. The Morgan fingerprint density at radius 1 is 1.25 bits per heavy atom. The van der Waals surface area contributed by atoms with E-state index in [-0.39, 0.29) is 18.7 Å². The number of benzene rings is 1. The number of ether oxygens (including phenoxy) is 2. The van der Waals surface area contributed by atoms with Gasteiger partial charge in [0.25, 0.3) is 5.91 Å². The van der Waals surface area contributed by atoms with Crippen LogP contribution in [0.25, 0.3) is 10.1 Å². The topological polar surface area (TPSA) is 94.8 Å². The fourth-order valence-electron chi connectivity index (χ4n) is 2.52. The van der Waals surface area contributed by atoms with Gasteiger partial charge in [-0.25, -0.2) is 4.79 Å². The molecule has 0 bridgehead atoms. The molecule has 0 atom stereocenters. The van der Waals surface area contributed by atoms with Crippen LogP contribution in [0.3, 0.4) is 0 Å². The van der Waals surface area contributed by atoms with Crippen LogP contribution in [0.5, 0.6) is 0 Å². The van der Waals surface area contributed by atoms with E-state index in [9.17, 15) is 14.4 Å². The maximum absolute atomic E-state index is 12.3. The van der Waals surface area contributed by atoms with Crippen molar-refractivity contribution < 1.29 is 28.3 Å². The molecular weight excluding hydrogens is 406 g/mol. The Morgan fingerprint density at radius 2 is 2.00 bits per heavy atom. The number of hydrogen-bond donors (Lipinski definition) is 1. The molecular formula is C19H16ClNO6S. The molecule has 0 spiro atoms. The van der Waals surface area contributed by atoms with Crippen LogP contribution in [-0.4, -0.2) is 31.5 Å². The lowest BCUT2D eigenvalue weighted by molar-refractivity contribution is -0.144. The number of fused-ring (bicyclic) bond motifs is 1. The molecule has 0 unspecified atom stereocenters. The van der Waals surface area contributed by atoms with Gasteiger partial charge in [0.05, 0.1) is 12.1 Å². The third-order valence-corrected chi connectivity index (χ3v) is 5.56. The summed E-state index contributed by atoms with van der Waals surface area (Å²) in [6.07, 6.45) is 0. The van der Waals surface area contributed by atoms with Gasteiger partial charge in [0, 0.05) is 10.1 Å². The van der Waals surface area contributed by atoms with E-state index in [2.05, 4.69) is 10.1 Å². The summed E-state index contributed by atoms with van der Waals surface area (Å²) in [6.45, 7) is 1.11. The molecule has 9 heteroatoms. The van der Waals surface area contributed by atoms with Crippen molar-refractivity contribution >= 4 is 50.9 Å². The van der Waals surface area contributed by atoms with Gasteiger partial charge in [0.1, 0.15) is 35.1 Å². The van der Waals surface area contributed by atoms with Gasteiger partial charge >= 0.3 is 11.9 Å². The molecule has 0 aliphatic rings. The molecule has 3 aromatic rings. The van der Waals surface area contributed by atoms with Crippen LogP contribution in [0, 0.1) is 6.92 Å². The lowest BCUT2D eigenvalue weighted by atomic mass is 10.2. The fraction of sp³-hybridized carbons (Fsp3) is 0.211. The highest BCUT2D eigenvalue weighted by Gasteiger charge is 2.19. The molecule has 146 valence electrons. The maximum atomic E-state index is 12.3. The van der Waals surface area contributed by atoms with Gasteiger partial charge in [0.15, 0.2) is 0 Å². The van der Waals surface area contributed by atoms with Crippen molar-refractivity contribution in [2.24, 2.45) is 0 Å². The van der Waals surface area contributed by atoms with E-state index < -0.39 is 17.8 Å².